The highest BCUT2D eigenvalue weighted by atomic mass is 79.9. The lowest BCUT2D eigenvalue weighted by atomic mass is 10.1. The van der Waals surface area contributed by atoms with Crippen molar-refractivity contribution in [2.24, 2.45) is 7.05 Å². The molecule has 0 aliphatic heterocycles. The fourth-order valence-corrected chi connectivity index (χ4v) is 5.87. The van der Waals surface area contributed by atoms with Gasteiger partial charge in [0, 0.05) is 18.0 Å². The van der Waals surface area contributed by atoms with Crippen molar-refractivity contribution in [2.75, 3.05) is 10.8 Å². The molecule has 0 unspecified atom stereocenters. The van der Waals surface area contributed by atoms with Gasteiger partial charge < -0.3 is 4.57 Å². The van der Waals surface area contributed by atoms with Crippen molar-refractivity contribution in [3.05, 3.63) is 95.0 Å². The van der Waals surface area contributed by atoms with E-state index in [2.05, 4.69) is 15.9 Å². The van der Waals surface area contributed by atoms with Crippen LogP contribution >= 0.6 is 15.9 Å². The number of hydrogen-bond donors (Lipinski definition) is 0. The summed E-state index contributed by atoms with van der Waals surface area (Å²) in [7, 11) is -2.19. The van der Waals surface area contributed by atoms with Crippen LogP contribution in [0.2, 0.25) is 0 Å². The third-order valence-electron chi connectivity index (χ3n) is 4.97. The predicted octanol–water partition coefficient (Wildman–Crippen LogP) is 5.02. The van der Waals surface area contributed by atoms with E-state index >= 15 is 0 Å². The van der Waals surface area contributed by atoms with Crippen LogP contribution < -0.4 is 4.31 Å². The molecule has 0 aliphatic carbocycles. The number of rotatable bonds is 6. The largest absolute Gasteiger partial charge is 0.329 e. The van der Waals surface area contributed by atoms with Gasteiger partial charge in [0.05, 0.1) is 21.4 Å². The van der Waals surface area contributed by atoms with Crippen LogP contribution in [-0.2, 0) is 17.1 Å². The number of para-hydroxylation sites is 1. The summed E-state index contributed by atoms with van der Waals surface area (Å²) in [6, 6.07) is 24.5. The number of hydrogen-bond acceptors (Lipinski definition) is 3. The van der Waals surface area contributed by atoms with Crippen LogP contribution in [0, 0.1) is 0 Å². The van der Waals surface area contributed by atoms with E-state index in [0.29, 0.717) is 15.9 Å². The fraction of sp³-hybridized carbons (Fsp3) is 0.0870. The molecule has 1 heterocycles. The second-order valence-corrected chi connectivity index (χ2v) is 9.48. The monoisotopic (exact) mass is 482 g/mol. The Morgan fingerprint density at radius 2 is 1.47 bits per heavy atom. The zero-order chi connectivity index (χ0) is 21.3. The van der Waals surface area contributed by atoms with E-state index < -0.39 is 10.0 Å². The fourth-order valence-electron chi connectivity index (χ4n) is 3.45. The zero-order valence-electron chi connectivity index (χ0n) is 16.2. The number of aryl methyl sites for hydroxylation is 1. The highest BCUT2D eigenvalue weighted by molar-refractivity contribution is 9.10. The zero-order valence-corrected chi connectivity index (χ0v) is 18.6. The first-order valence-corrected chi connectivity index (χ1v) is 11.5. The number of Topliss-reactive ketones (excluding diaryl/α,β-unsaturated/α-hetero) is 1. The van der Waals surface area contributed by atoms with Gasteiger partial charge in [-0.3, -0.25) is 4.79 Å². The van der Waals surface area contributed by atoms with Crippen LogP contribution in [0.3, 0.4) is 0 Å². The van der Waals surface area contributed by atoms with E-state index in [1.807, 2.05) is 30.3 Å². The molecule has 0 saturated carbocycles. The SMILES string of the molecule is Cn1c(N(CC(=O)c2ccccc2)S(=O)(=O)c2ccccc2)c(Br)c2ccccc21. The van der Waals surface area contributed by atoms with Crippen LogP contribution in [0.25, 0.3) is 10.9 Å². The second kappa shape index (κ2) is 8.08. The third-order valence-corrected chi connectivity index (χ3v) is 7.50. The third kappa shape index (κ3) is 3.55. The van der Waals surface area contributed by atoms with E-state index in [1.165, 1.54) is 16.4 Å². The quantitative estimate of drug-likeness (QED) is 0.362. The Balaban J connectivity index is 1.90. The summed E-state index contributed by atoms with van der Waals surface area (Å²) < 4.78 is 30.8. The van der Waals surface area contributed by atoms with Crippen molar-refractivity contribution in [1.82, 2.24) is 4.57 Å². The van der Waals surface area contributed by atoms with Gasteiger partial charge in [0.25, 0.3) is 10.0 Å². The normalized spacial score (nSPS) is 11.5. The minimum absolute atomic E-state index is 0.128. The van der Waals surface area contributed by atoms with Gasteiger partial charge in [0.15, 0.2) is 5.78 Å². The van der Waals surface area contributed by atoms with Crippen LogP contribution in [0.1, 0.15) is 10.4 Å². The molecule has 5 nitrogen and oxygen atoms in total. The molecule has 3 aromatic carbocycles. The number of ketones is 1. The van der Waals surface area contributed by atoms with E-state index in [-0.39, 0.29) is 17.2 Å². The second-order valence-electron chi connectivity index (χ2n) is 6.83. The molecule has 152 valence electrons. The van der Waals surface area contributed by atoms with Crippen LogP contribution in [0.5, 0.6) is 0 Å². The highest BCUT2D eigenvalue weighted by Crippen LogP contribution is 2.38. The summed E-state index contributed by atoms with van der Waals surface area (Å²) in [4.78, 5) is 13.1. The maximum Gasteiger partial charge on any atom is 0.265 e. The minimum atomic E-state index is -3.99. The summed E-state index contributed by atoms with van der Waals surface area (Å²) in [6.45, 7) is -0.315. The van der Waals surface area contributed by atoms with Crippen LogP contribution in [0.4, 0.5) is 5.82 Å². The van der Waals surface area contributed by atoms with Gasteiger partial charge in [-0.05, 0) is 34.1 Å². The first-order chi connectivity index (χ1) is 14.4. The van der Waals surface area contributed by atoms with Crippen LogP contribution in [-0.4, -0.2) is 25.3 Å². The lowest BCUT2D eigenvalue weighted by molar-refractivity contribution is 0.100. The van der Waals surface area contributed by atoms with E-state index in [1.54, 1.807) is 54.1 Å². The molecule has 0 amide bonds. The summed E-state index contributed by atoms with van der Waals surface area (Å²) >= 11 is 3.58. The molecule has 4 aromatic rings. The molecule has 0 radical (unpaired) electrons. The number of nitrogens with zero attached hydrogens (tertiary/aromatic N) is 2. The van der Waals surface area contributed by atoms with Crippen molar-refractivity contribution in [3.63, 3.8) is 0 Å². The van der Waals surface area contributed by atoms with Gasteiger partial charge >= 0.3 is 0 Å². The first-order valence-electron chi connectivity index (χ1n) is 9.30. The Bertz CT molecular complexity index is 1280. The smallest absolute Gasteiger partial charge is 0.265 e. The van der Waals surface area contributed by atoms with Crippen molar-refractivity contribution in [3.8, 4) is 0 Å². The van der Waals surface area contributed by atoms with Crippen LogP contribution in [0.15, 0.2) is 94.3 Å². The summed E-state index contributed by atoms with van der Waals surface area (Å²) in [5.74, 6) is 0.122. The van der Waals surface area contributed by atoms with Crippen molar-refractivity contribution in [2.45, 2.75) is 4.90 Å². The number of anilines is 1. The van der Waals surface area contributed by atoms with Gasteiger partial charge in [-0.1, -0.05) is 66.7 Å². The van der Waals surface area contributed by atoms with Gasteiger partial charge in [0.1, 0.15) is 5.82 Å². The maximum absolute atomic E-state index is 13.6. The molecule has 0 fully saturated rings. The lowest BCUT2D eigenvalue weighted by Gasteiger charge is -2.25. The molecule has 0 saturated heterocycles. The molecule has 0 N–H and O–H groups in total. The topological polar surface area (TPSA) is 59.4 Å². The molecular formula is C23H19BrN2O3S. The van der Waals surface area contributed by atoms with Gasteiger partial charge in [-0.25, -0.2) is 12.7 Å². The lowest BCUT2D eigenvalue weighted by Crippen LogP contribution is -2.37. The van der Waals surface area contributed by atoms with Crippen molar-refractivity contribution >= 4 is 48.5 Å². The summed E-state index contributed by atoms with van der Waals surface area (Å²) in [5.41, 5.74) is 1.32. The molecule has 7 heteroatoms. The van der Waals surface area contributed by atoms with E-state index in [0.717, 1.165) is 10.9 Å². The summed E-state index contributed by atoms with van der Waals surface area (Å²) in [5, 5.41) is 0.871. The Hall–Kier alpha value is -2.90. The average molecular weight is 483 g/mol. The van der Waals surface area contributed by atoms with Gasteiger partial charge in [-0.2, -0.15) is 0 Å². The molecule has 1 aromatic heterocycles. The Morgan fingerprint density at radius 3 is 2.10 bits per heavy atom. The van der Waals surface area contributed by atoms with E-state index in [9.17, 15) is 13.2 Å². The number of aromatic nitrogens is 1. The molecule has 0 atom stereocenters. The Kier molecular flexibility index (Phi) is 5.49. The highest BCUT2D eigenvalue weighted by Gasteiger charge is 2.32. The number of carbonyl (C=O) groups excluding carboxylic acids is 1. The van der Waals surface area contributed by atoms with Gasteiger partial charge in [0.2, 0.25) is 0 Å². The predicted molar refractivity (Wildman–Crippen MR) is 122 cm³/mol. The van der Waals surface area contributed by atoms with E-state index in [4.69, 9.17) is 0 Å². The molecule has 0 aliphatic rings. The number of fused-ring (bicyclic) bond motifs is 1. The average Bonchev–Trinajstić information content (AvgIpc) is 3.03. The number of halogens is 1. The maximum atomic E-state index is 13.6. The number of sulfonamides is 1. The van der Waals surface area contributed by atoms with Crippen molar-refractivity contribution in [1.29, 1.82) is 0 Å². The number of carbonyl (C=O) groups is 1. The molecule has 30 heavy (non-hydrogen) atoms. The van der Waals surface area contributed by atoms with Gasteiger partial charge in [-0.15, -0.1) is 0 Å². The Labute approximate surface area is 183 Å². The Morgan fingerprint density at radius 1 is 0.900 bits per heavy atom. The number of benzene rings is 3. The minimum Gasteiger partial charge on any atom is -0.329 e. The molecule has 4 rings (SSSR count). The molecular weight excluding hydrogens is 464 g/mol. The van der Waals surface area contributed by atoms with Crippen molar-refractivity contribution < 1.29 is 13.2 Å². The summed E-state index contributed by atoms with van der Waals surface area (Å²) in [6.07, 6.45) is 0. The standard InChI is InChI=1S/C23H19BrN2O3S/c1-25-20-15-9-8-14-19(20)22(24)23(25)26(16-21(27)17-10-4-2-5-11-17)30(28,29)18-12-6-3-7-13-18/h2-15H,16H2,1H3. The molecule has 0 spiro atoms. The molecule has 0 bridgehead atoms. The first kappa shape index (κ1) is 20.4.